The lowest BCUT2D eigenvalue weighted by molar-refractivity contribution is -0.115. The van der Waals surface area contributed by atoms with E-state index in [0.717, 1.165) is 3.79 Å². The van der Waals surface area contributed by atoms with Crippen molar-refractivity contribution in [2.75, 3.05) is 6.61 Å². The second-order valence-corrected chi connectivity index (χ2v) is 5.33. The highest BCUT2D eigenvalue weighted by Gasteiger charge is 2.01. The molecule has 7 heteroatoms. The Morgan fingerprint density at radius 2 is 2.19 bits per heavy atom. The van der Waals surface area contributed by atoms with E-state index in [1.54, 1.807) is 6.20 Å². The molecule has 0 saturated carbocycles. The van der Waals surface area contributed by atoms with Crippen molar-refractivity contribution in [3.8, 4) is 5.19 Å². The molecule has 2 N–H and O–H groups in total. The van der Waals surface area contributed by atoms with Gasteiger partial charge in [0.05, 0.1) is 16.6 Å². The average Bonchev–Trinajstić information content (AvgIpc) is 2.49. The minimum Gasteiger partial charge on any atom is -0.470 e. The van der Waals surface area contributed by atoms with E-state index in [1.165, 1.54) is 25.2 Å². The van der Waals surface area contributed by atoms with Gasteiger partial charge in [0.15, 0.2) is 6.29 Å². The molecule has 1 aromatic rings. The molecule has 0 radical (unpaired) electrons. The molecule has 0 unspecified atom stereocenters. The molecule has 0 saturated heterocycles. The third-order valence-corrected chi connectivity index (χ3v) is 2.45. The smallest absolute Gasteiger partial charge is 0.274 e. The van der Waals surface area contributed by atoms with E-state index in [-0.39, 0.29) is 18.8 Å². The molecule has 5 nitrogen and oxygen atoms in total. The number of carbonyl (C=O) groups excluding carboxylic acids is 1. The van der Waals surface area contributed by atoms with Crippen molar-refractivity contribution in [2.24, 2.45) is 0 Å². The van der Waals surface area contributed by atoms with Gasteiger partial charge in [0.1, 0.15) is 5.78 Å². The maximum absolute atomic E-state index is 9.44. The van der Waals surface area contributed by atoms with E-state index < -0.39 is 6.29 Å². The Kier molecular flexibility index (Phi) is 8.36. The molecule has 0 atom stereocenters. The van der Waals surface area contributed by atoms with Gasteiger partial charge < -0.3 is 19.7 Å². The van der Waals surface area contributed by atoms with Gasteiger partial charge in [-0.25, -0.2) is 4.98 Å². The fraction of sp³-hybridized carbons (Fsp3) is 0.556. The Bertz CT molecular complexity index is 312. The van der Waals surface area contributed by atoms with Crippen LogP contribution in [0.4, 0.5) is 0 Å². The number of hydrogen-bond acceptors (Lipinski definition) is 6. The summed E-state index contributed by atoms with van der Waals surface area (Å²) in [5.41, 5.74) is 0. The molecule has 0 aliphatic rings. The van der Waals surface area contributed by atoms with E-state index in [4.69, 9.17) is 14.9 Å². The number of ketones is 1. The van der Waals surface area contributed by atoms with Crippen molar-refractivity contribution in [2.45, 2.75) is 26.6 Å². The number of hydrogen-bond donors (Lipinski definition) is 2. The number of aromatic nitrogens is 1. The van der Waals surface area contributed by atoms with Crippen LogP contribution in [-0.2, 0) is 4.79 Å². The quantitative estimate of drug-likeness (QED) is 0.825. The first kappa shape index (κ1) is 15.5. The lowest BCUT2D eigenvalue weighted by Crippen LogP contribution is -2.10. The fourth-order valence-electron chi connectivity index (χ4n) is 0.558. The van der Waals surface area contributed by atoms with Crippen LogP contribution in [0.1, 0.15) is 20.3 Å². The molecule has 16 heavy (non-hydrogen) atoms. The molecule has 0 aromatic carbocycles. The molecule has 92 valence electrons. The lowest BCUT2D eigenvalue weighted by Gasteiger charge is -2.02. The molecule has 1 heterocycles. The summed E-state index contributed by atoms with van der Waals surface area (Å²) in [6, 6.07) is 0. The van der Waals surface area contributed by atoms with E-state index in [2.05, 4.69) is 20.9 Å². The van der Waals surface area contributed by atoms with E-state index in [1.807, 2.05) is 0 Å². The summed E-state index contributed by atoms with van der Waals surface area (Å²) >= 11 is 4.59. The van der Waals surface area contributed by atoms with Gasteiger partial charge in [-0.1, -0.05) is 11.3 Å². The Balaban J connectivity index is 0.000000487. The van der Waals surface area contributed by atoms with Gasteiger partial charge in [0, 0.05) is 6.42 Å². The zero-order valence-electron chi connectivity index (χ0n) is 9.01. The summed E-state index contributed by atoms with van der Waals surface area (Å²) in [7, 11) is 0. The topological polar surface area (TPSA) is 79.7 Å². The summed E-state index contributed by atoms with van der Waals surface area (Å²) in [6.07, 6.45) is 0.514. The monoisotopic (exact) mass is 311 g/mol. The summed E-state index contributed by atoms with van der Waals surface area (Å²) < 4.78 is 5.99. The van der Waals surface area contributed by atoms with Gasteiger partial charge in [-0.05, 0) is 29.8 Å². The predicted molar refractivity (Wildman–Crippen MR) is 64.5 cm³/mol. The van der Waals surface area contributed by atoms with Crippen molar-refractivity contribution in [1.82, 2.24) is 4.98 Å². The normalized spacial score (nSPS) is 9.62. The number of aliphatic hydroxyl groups excluding tert-OH is 1. The number of ether oxygens (including phenoxy) is 1. The number of halogens is 1. The van der Waals surface area contributed by atoms with Crippen molar-refractivity contribution >= 4 is 33.0 Å². The zero-order chi connectivity index (χ0) is 12.6. The van der Waals surface area contributed by atoms with Crippen molar-refractivity contribution in [3.05, 3.63) is 9.98 Å². The van der Waals surface area contributed by atoms with Gasteiger partial charge >= 0.3 is 0 Å². The molecule has 0 aliphatic heterocycles. The molecular formula is C9H14BrNO4S. The van der Waals surface area contributed by atoms with Gasteiger partial charge in [-0.15, -0.1) is 0 Å². The van der Waals surface area contributed by atoms with Crippen LogP contribution >= 0.6 is 27.3 Å². The van der Waals surface area contributed by atoms with Crippen LogP contribution in [0, 0.1) is 0 Å². The van der Waals surface area contributed by atoms with Crippen molar-refractivity contribution < 1.29 is 19.7 Å². The second-order valence-electron chi connectivity index (χ2n) is 2.96. The molecule has 0 fully saturated rings. The SMILES string of the molecule is CC(C)=O.OC(O)CCOc1ncc(Br)s1. The minimum absolute atomic E-state index is 0.167. The maximum Gasteiger partial charge on any atom is 0.274 e. The molecule has 1 rings (SSSR count). The molecular weight excluding hydrogens is 298 g/mol. The molecule has 0 aliphatic carbocycles. The Morgan fingerprint density at radius 1 is 1.62 bits per heavy atom. The minimum atomic E-state index is -1.31. The second kappa shape index (κ2) is 8.63. The van der Waals surface area contributed by atoms with Crippen LogP contribution in [0.25, 0.3) is 0 Å². The number of Topliss-reactive ketones (excluding diaryl/α,β-unsaturated/α-hetero) is 1. The number of nitrogens with zero attached hydrogens (tertiary/aromatic N) is 1. The van der Waals surface area contributed by atoms with Gasteiger partial charge in [-0.3, -0.25) is 0 Å². The zero-order valence-corrected chi connectivity index (χ0v) is 11.4. The summed E-state index contributed by atoms with van der Waals surface area (Å²) in [5, 5.41) is 17.5. The van der Waals surface area contributed by atoms with E-state index >= 15 is 0 Å². The first-order valence-electron chi connectivity index (χ1n) is 4.49. The number of carbonyl (C=O) groups is 1. The highest BCUT2D eigenvalue weighted by Crippen LogP contribution is 2.25. The third kappa shape index (κ3) is 10.0. The average molecular weight is 312 g/mol. The largest absolute Gasteiger partial charge is 0.470 e. The maximum atomic E-state index is 9.44. The highest BCUT2D eigenvalue weighted by molar-refractivity contribution is 9.11. The predicted octanol–water partition coefficient (Wildman–Crippen LogP) is 1.58. The molecule has 0 amide bonds. The fourth-order valence-corrected chi connectivity index (χ4v) is 1.60. The summed E-state index contributed by atoms with van der Waals surface area (Å²) in [5.74, 6) is 0.167. The first-order valence-corrected chi connectivity index (χ1v) is 6.10. The Morgan fingerprint density at radius 3 is 2.56 bits per heavy atom. The van der Waals surface area contributed by atoms with Gasteiger partial charge in [0.25, 0.3) is 5.19 Å². The highest BCUT2D eigenvalue weighted by atomic mass is 79.9. The molecule has 0 spiro atoms. The third-order valence-electron chi connectivity index (χ3n) is 1.06. The summed E-state index contributed by atoms with van der Waals surface area (Å²) in [6.45, 7) is 3.32. The first-order chi connectivity index (χ1) is 7.41. The van der Waals surface area contributed by atoms with E-state index in [0.29, 0.717) is 5.19 Å². The van der Waals surface area contributed by atoms with Crippen LogP contribution in [0.2, 0.25) is 0 Å². The van der Waals surface area contributed by atoms with Crippen LogP contribution in [0.5, 0.6) is 5.19 Å². The van der Waals surface area contributed by atoms with Crippen LogP contribution in [0.3, 0.4) is 0 Å². The standard InChI is InChI=1S/C6H8BrNO3S.C3H6O/c7-4-3-8-6(12-4)11-2-1-5(9)10;1-3(2)4/h3,5,9-10H,1-2H2;1-2H3. The van der Waals surface area contributed by atoms with Gasteiger partial charge in [-0.2, -0.15) is 0 Å². The lowest BCUT2D eigenvalue weighted by atomic mass is 10.4. The van der Waals surface area contributed by atoms with Crippen LogP contribution in [0.15, 0.2) is 9.98 Å². The Hall–Kier alpha value is -0.500. The van der Waals surface area contributed by atoms with E-state index in [9.17, 15) is 4.79 Å². The van der Waals surface area contributed by atoms with Crippen LogP contribution < -0.4 is 4.74 Å². The number of aliphatic hydroxyl groups is 2. The molecule has 0 bridgehead atoms. The Labute approximate surface area is 106 Å². The van der Waals surface area contributed by atoms with Crippen molar-refractivity contribution in [3.63, 3.8) is 0 Å². The van der Waals surface area contributed by atoms with Gasteiger partial charge in [0.2, 0.25) is 0 Å². The summed E-state index contributed by atoms with van der Waals surface area (Å²) in [4.78, 5) is 13.3. The molecule has 1 aromatic heterocycles. The number of rotatable bonds is 4. The van der Waals surface area contributed by atoms with Crippen LogP contribution in [-0.4, -0.2) is 33.9 Å². The number of thiazole rings is 1. The van der Waals surface area contributed by atoms with Crippen molar-refractivity contribution in [1.29, 1.82) is 0 Å².